The van der Waals surface area contributed by atoms with E-state index in [2.05, 4.69) is 21.4 Å². The summed E-state index contributed by atoms with van der Waals surface area (Å²) in [7, 11) is 0. The summed E-state index contributed by atoms with van der Waals surface area (Å²) < 4.78 is 19.4. The van der Waals surface area contributed by atoms with Crippen LogP contribution in [0.3, 0.4) is 0 Å². The van der Waals surface area contributed by atoms with Crippen molar-refractivity contribution in [3.05, 3.63) is 57.7 Å². The number of benzene rings is 1. The maximum Gasteiger partial charge on any atom is 0.140 e. The molecule has 1 heterocycles. The van der Waals surface area contributed by atoms with Crippen molar-refractivity contribution in [3.8, 4) is 0 Å². The minimum atomic E-state index is -0.380. The zero-order valence-corrected chi connectivity index (χ0v) is 10.8. The molecule has 0 amide bonds. The van der Waals surface area contributed by atoms with Gasteiger partial charge in [-0.15, -0.1) is 0 Å². The van der Waals surface area contributed by atoms with Gasteiger partial charge in [0.25, 0.3) is 0 Å². The van der Waals surface area contributed by atoms with Crippen LogP contribution in [0.5, 0.6) is 0 Å². The lowest BCUT2D eigenvalue weighted by Gasteiger charge is -2.17. The highest BCUT2D eigenvalue weighted by Crippen LogP contribution is 2.30. The molecule has 90 valence electrons. The summed E-state index contributed by atoms with van der Waals surface area (Å²) in [5.41, 5.74) is 4.33. The number of nitrogens with one attached hydrogen (secondary N) is 1. The lowest BCUT2D eigenvalue weighted by molar-refractivity contribution is 0.447. The number of hydrogen-bond acceptors (Lipinski definition) is 3. The van der Waals surface area contributed by atoms with E-state index in [0.717, 1.165) is 15.6 Å². The van der Waals surface area contributed by atoms with E-state index < -0.39 is 0 Å². The largest absolute Gasteiger partial charge is 0.466 e. The Morgan fingerprint density at radius 3 is 2.76 bits per heavy atom. The van der Waals surface area contributed by atoms with Crippen LogP contribution in [0.1, 0.15) is 22.9 Å². The molecule has 1 atom stereocenters. The monoisotopic (exact) mass is 298 g/mol. The first-order valence-electron chi connectivity index (χ1n) is 5.08. The molecule has 5 heteroatoms. The third-order valence-electron chi connectivity index (χ3n) is 2.63. The second-order valence-corrected chi connectivity index (χ2v) is 4.59. The van der Waals surface area contributed by atoms with Gasteiger partial charge in [-0.3, -0.25) is 5.84 Å². The quantitative estimate of drug-likeness (QED) is 0.676. The van der Waals surface area contributed by atoms with E-state index >= 15 is 0 Å². The van der Waals surface area contributed by atoms with Gasteiger partial charge >= 0.3 is 0 Å². The average molecular weight is 299 g/mol. The fraction of sp³-hybridized carbons (Fsp3) is 0.167. The first-order chi connectivity index (χ1) is 8.13. The molecule has 0 aliphatic heterocycles. The number of furan rings is 1. The minimum absolute atomic E-state index is 0.298. The summed E-state index contributed by atoms with van der Waals surface area (Å²) in [4.78, 5) is 0. The maximum atomic E-state index is 13.3. The van der Waals surface area contributed by atoms with Gasteiger partial charge in [0, 0.05) is 0 Å². The molecule has 0 bridgehead atoms. The van der Waals surface area contributed by atoms with E-state index in [-0.39, 0.29) is 11.9 Å². The van der Waals surface area contributed by atoms with Gasteiger partial charge < -0.3 is 4.42 Å². The molecule has 2 rings (SSSR count). The van der Waals surface area contributed by atoms with Crippen molar-refractivity contribution in [2.45, 2.75) is 13.0 Å². The van der Waals surface area contributed by atoms with Crippen molar-refractivity contribution in [1.82, 2.24) is 5.43 Å². The smallest absolute Gasteiger partial charge is 0.140 e. The van der Waals surface area contributed by atoms with Gasteiger partial charge in [-0.1, -0.05) is 6.07 Å². The average Bonchev–Trinajstić information content (AvgIpc) is 2.71. The highest BCUT2D eigenvalue weighted by molar-refractivity contribution is 9.10. The van der Waals surface area contributed by atoms with Crippen LogP contribution in [-0.4, -0.2) is 0 Å². The standard InChI is InChI=1S/C12H12BrFN2O/c1-7-2-3-8(14)6-9(7)11(16-15)12-10(13)4-5-17-12/h2-6,11,16H,15H2,1H3. The number of halogens is 2. The van der Waals surface area contributed by atoms with Crippen LogP contribution in [-0.2, 0) is 0 Å². The van der Waals surface area contributed by atoms with Crippen molar-refractivity contribution in [1.29, 1.82) is 0 Å². The van der Waals surface area contributed by atoms with Gasteiger partial charge in [-0.2, -0.15) is 0 Å². The molecule has 2 aromatic rings. The molecule has 0 saturated heterocycles. The Bertz CT molecular complexity index is 527. The molecule has 3 nitrogen and oxygen atoms in total. The zero-order chi connectivity index (χ0) is 12.4. The fourth-order valence-corrected chi connectivity index (χ4v) is 2.17. The summed E-state index contributed by atoms with van der Waals surface area (Å²) in [5, 5.41) is 0. The molecular formula is C12H12BrFN2O. The minimum Gasteiger partial charge on any atom is -0.466 e. The first kappa shape index (κ1) is 12.3. The van der Waals surface area contributed by atoms with E-state index in [9.17, 15) is 4.39 Å². The van der Waals surface area contributed by atoms with Crippen molar-refractivity contribution >= 4 is 15.9 Å². The molecule has 0 fully saturated rings. The van der Waals surface area contributed by atoms with E-state index in [1.54, 1.807) is 18.4 Å². The van der Waals surface area contributed by atoms with Gasteiger partial charge in [0.2, 0.25) is 0 Å². The number of hydrazine groups is 1. The molecule has 3 N–H and O–H groups in total. The van der Waals surface area contributed by atoms with E-state index in [1.165, 1.54) is 12.1 Å². The molecule has 0 saturated carbocycles. The third-order valence-corrected chi connectivity index (χ3v) is 3.28. The van der Waals surface area contributed by atoms with Crippen molar-refractivity contribution in [3.63, 3.8) is 0 Å². The summed E-state index contributed by atoms with van der Waals surface area (Å²) in [6.45, 7) is 1.90. The number of hydrogen-bond donors (Lipinski definition) is 2. The van der Waals surface area contributed by atoms with Crippen LogP contribution in [0.2, 0.25) is 0 Å². The number of nitrogens with two attached hydrogens (primary N) is 1. The second kappa shape index (κ2) is 5.00. The highest BCUT2D eigenvalue weighted by Gasteiger charge is 2.20. The van der Waals surface area contributed by atoms with Gasteiger partial charge in [-0.25, -0.2) is 9.82 Å². The molecular weight excluding hydrogens is 287 g/mol. The van der Waals surface area contributed by atoms with Crippen LogP contribution in [0.15, 0.2) is 39.4 Å². The Kier molecular flexibility index (Phi) is 3.61. The van der Waals surface area contributed by atoms with Gasteiger partial charge in [0.15, 0.2) is 0 Å². The molecule has 1 unspecified atom stereocenters. The van der Waals surface area contributed by atoms with Crippen molar-refractivity contribution in [2.24, 2.45) is 5.84 Å². The predicted octanol–water partition coefficient (Wildman–Crippen LogP) is 3.04. The van der Waals surface area contributed by atoms with Crippen LogP contribution in [0.4, 0.5) is 4.39 Å². The molecule has 0 spiro atoms. The topological polar surface area (TPSA) is 51.2 Å². The number of aryl methyl sites for hydroxylation is 1. The Hall–Kier alpha value is -1.17. The highest BCUT2D eigenvalue weighted by atomic mass is 79.9. The van der Waals surface area contributed by atoms with E-state index in [4.69, 9.17) is 10.3 Å². The maximum absolute atomic E-state index is 13.3. The zero-order valence-electron chi connectivity index (χ0n) is 9.21. The lowest BCUT2D eigenvalue weighted by Crippen LogP contribution is -2.29. The molecule has 0 radical (unpaired) electrons. The van der Waals surface area contributed by atoms with E-state index in [0.29, 0.717) is 5.76 Å². The first-order valence-corrected chi connectivity index (χ1v) is 5.88. The Morgan fingerprint density at radius 2 is 2.18 bits per heavy atom. The summed E-state index contributed by atoms with van der Waals surface area (Å²) >= 11 is 3.37. The second-order valence-electron chi connectivity index (χ2n) is 3.73. The third kappa shape index (κ3) is 2.41. The Labute approximate surface area is 107 Å². The van der Waals surface area contributed by atoms with Crippen LogP contribution in [0, 0.1) is 12.7 Å². The summed E-state index contributed by atoms with van der Waals surface area (Å²) in [6, 6.07) is 5.98. The van der Waals surface area contributed by atoms with E-state index in [1.807, 2.05) is 6.92 Å². The molecule has 1 aromatic carbocycles. The number of rotatable bonds is 3. The van der Waals surface area contributed by atoms with Crippen LogP contribution < -0.4 is 11.3 Å². The Balaban J connectivity index is 2.49. The molecule has 0 aliphatic carbocycles. The van der Waals surface area contributed by atoms with Gasteiger partial charge in [-0.05, 0) is 52.2 Å². The van der Waals surface area contributed by atoms with Gasteiger partial charge in [0.1, 0.15) is 17.6 Å². The van der Waals surface area contributed by atoms with Gasteiger partial charge in [0.05, 0.1) is 10.7 Å². The van der Waals surface area contributed by atoms with Crippen molar-refractivity contribution < 1.29 is 8.81 Å². The van der Waals surface area contributed by atoms with Crippen molar-refractivity contribution in [2.75, 3.05) is 0 Å². The van der Waals surface area contributed by atoms with Crippen LogP contribution in [0.25, 0.3) is 0 Å². The molecule has 17 heavy (non-hydrogen) atoms. The van der Waals surface area contributed by atoms with Crippen LogP contribution >= 0.6 is 15.9 Å². The SMILES string of the molecule is Cc1ccc(F)cc1C(NN)c1occc1Br. The fourth-order valence-electron chi connectivity index (χ4n) is 1.74. The molecule has 0 aliphatic rings. The normalized spacial score (nSPS) is 12.7. The lowest BCUT2D eigenvalue weighted by atomic mass is 10.00. The molecule has 1 aromatic heterocycles. The Morgan fingerprint density at radius 1 is 1.41 bits per heavy atom. The summed E-state index contributed by atoms with van der Waals surface area (Å²) in [5.74, 6) is 5.86. The summed E-state index contributed by atoms with van der Waals surface area (Å²) in [6.07, 6.45) is 1.55. The predicted molar refractivity (Wildman–Crippen MR) is 66.7 cm³/mol.